The Hall–Kier alpha value is -3.53. The first-order valence-corrected chi connectivity index (χ1v) is 8.99. The maximum Gasteiger partial charge on any atom is 0.321 e. The number of rotatable bonds is 5. The Morgan fingerprint density at radius 2 is 1.69 bits per heavy atom. The van der Waals surface area contributed by atoms with Gasteiger partial charge in [-0.2, -0.15) is 0 Å². The Morgan fingerprint density at radius 3 is 2.34 bits per heavy atom. The van der Waals surface area contributed by atoms with Gasteiger partial charge in [0.2, 0.25) is 5.91 Å². The average molecular weight is 401 g/mol. The second-order valence-corrected chi connectivity index (χ2v) is 6.56. The molecule has 1 fully saturated rings. The van der Waals surface area contributed by atoms with Gasteiger partial charge in [0.15, 0.2) is 0 Å². The van der Waals surface area contributed by atoms with E-state index in [-0.39, 0.29) is 30.0 Å². The fourth-order valence-electron chi connectivity index (χ4n) is 2.95. The molecule has 9 nitrogen and oxygen atoms in total. The Labute approximate surface area is 166 Å². The fourth-order valence-corrected chi connectivity index (χ4v) is 2.95. The van der Waals surface area contributed by atoms with Gasteiger partial charge in [0, 0.05) is 49.7 Å². The molecule has 3 amide bonds. The monoisotopic (exact) mass is 401 g/mol. The van der Waals surface area contributed by atoms with Crippen LogP contribution in [0.5, 0.6) is 0 Å². The summed E-state index contributed by atoms with van der Waals surface area (Å²) < 4.78 is 12.9. The van der Waals surface area contributed by atoms with E-state index in [2.05, 4.69) is 10.6 Å². The summed E-state index contributed by atoms with van der Waals surface area (Å²) in [5.41, 5.74) is 0.774. The lowest BCUT2D eigenvalue weighted by Crippen LogP contribution is -2.51. The van der Waals surface area contributed by atoms with Gasteiger partial charge in [-0.1, -0.05) is 6.07 Å². The molecule has 1 aliphatic heterocycles. The van der Waals surface area contributed by atoms with E-state index in [0.29, 0.717) is 37.6 Å². The third-order valence-electron chi connectivity index (χ3n) is 4.46. The van der Waals surface area contributed by atoms with Crippen molar-refractivity contribution in [2.24, 2.45) is 0 Å². The van der Waals surface area contributed by atoms with Crippen LogP contribution in [-0.4, -0.2) is 59.4 Å². The zero-order valence-electron chi connectivity index (χ0n) is 15.5. The number of nitro groups is 1. The number of hydrogen-bond donors (Lipinski definition) is 2. The molecule has 0 spiro atoms. The number of carbonyl (C=O) groups excluding carboxylic acids is 2. The summed E-state index contributed by atoms with van der Waals surface area (Å²) in [6, 6.07) is 10.9. The molecule has 0 bridgehead atoms. The van der Waals surface area contributed by atoms with E-state index < -0.39 is 4.92 Å². The minimum atomic E-state index is -0.522. The predicted octanol–water partition coefficient (Wildman–Crippen LogP) is 2.52. The molecule has 0 saturated carbocycles. The fraction of sp³-hybridized carbons (Fsp3) is 0.263. The molecule has 152 valence electrons. The van der Waals surface area contributed by atoms with Crippen LogP contribution in [0.3, 0.4) is 0 Å². The van der Waals surface area contributed by atoms with Gasteiger partial charge in [0.05, 0.1) is 11.5 Å². The molecule has 29 heavy (non-hydrogen) atoms. The van der Waals surface area contributed by atoms with Crippen LogP contribution in [0.25, 0.3) is 0 Å². The minimum Gasteiger partial charge on any atom is -0.325 e. The van der Waals surface area contributed by atoms with E-state index in [9.17, 15) is 24.1 Å². The van der Waals surface area contributed by atoms with E-state index >= 15 is 0 Å². The summed E-state index contributed by atoms with van der Waals surface area (Å²) in [6.07, 6.45) is 0. The lowest BCUT2D eigenvalue weighted by Gasteiger charge is -2.34. The molecule has 1 aliphatic rings. The van der Waals surface area contributed by atoms with Crippen LogP contribution in [0.2, 0.25) is 0 Å². The topological polar surface area (TPSA) is 108 Å². The van der Waals surface area contributed by atoms with Crippen molar-refractivity contribution < 1.29 is 18.9 Å². The van der Waals surface area contributed by atoms with Crippen LogP contribution in [0.15, 0.2) is 48.5 Å². The highest BCUT2D eigenvalue weighted by Gasteiger charge is 2.23. The van der Waals surface area contributed by atoms with Gasteiger partial charge in [-0.15, -0.1) is 0 Å². The van der Waals surface area contributed by atoms with Crippen LogP contribution in [0, 0.1) is 15.9 Å². The van der Waals surface area contributed by atoms with Crippen molar-refractivity contribution in [2.45, 2.75) is 0 Å². The number of amides is 3. The predicted molar refractivity (Wildman–Crippen MR) is 105 cm³/mol. The number of benzene rings is 2. The Bertz CT molecular complexity index is 898. The van der Waals surface area contributed by atoms with Crippen molar-refractivity contribution in [3.8, 4) is 0 Å². The van der Waals surface area contributed by atoms with E-state index in [4.69, 9.17) is 0 Å². The van der Waals surface area contributed by atoms with Crippen molar-refractivity contribution in [1.29, 1.82) is 0 Å². The molecule has 0 radical (unpaired) electrons. The van der Waals surface area contributed by atoms with Crippen molar-refractivity contribution in [3.05, 3.63) is 64.5 Å². The minimum absolute atomic E-state index is 0.0974. The molecule has 2 N–H and O–H groups in total. The smallest absolute Gasteiger partial charge is 0.321 e. The molecular formula is C19H20FN5O4. The van der Waals surface area contributed by atoms with Crippen LogP contribution in [0.4, 0.5) is 26.2 Å². The number of urea groups is 1. The van der Waals surface area contributed by atoms with Crippen LogP contribution >= 0.6 is 0 Å². The highest BCUT2D eigenvalue weighted by atomic mass is 19.1. The second kappa shape index (κ2) is 9.11. The second-order valence-electron chi connectivity index (χ2n) is 6.56. The molecule has 0 atom stereocenters. The summed E-state index contributed by atoms with van der Waals surface area (Å²) in [5.74, 6) is -0.589. The summed E-state index contributed by atoms with van der Waals surface area (Å²) in [5, 5.41) is 16.2. The summed E-state index contributed by atoms with van der Waals surface area (Å²) in [6.45, 7) is 2.03. The van der Waals surface area contributed by atoms with Crippen molar-refractivity contribution in [1.82, 2.24) is 9.80 Å². The lowest BCUT2D eigenvalue weighted by atomic mass is 10.2. The number of non-ortho nitro benzene ring substituents is 1. The molecular weight excluding hydrogens is 381 g/mol. The third kappa shape index (κ3) is 5.72. The summed E-state index contributed by atoms with van der Waals surface area (Å²) >= 11 is 0. The van der Waals surface area contributed by atoms with Crippen molar-refractivity contribution >= 4 is 29.0 Å². The molecule has 1 saturated heterocycles. The zero-order chi connectivity index (χ0) is 20.8. The summed E-state index contributed by atoms with van der Waals surface area (Å²) in [7, 11) is 0. The van der Waals surface area contributed by atoms with Gasteiger partial charge >= 0.3 is 6.03 Å². The average Bonchev–Trinajstić information content (AvgIpc) is 2.70. The normalized spacial score (nSPS) is 14.3. The van der Waals surface area contributed by atoms with Crippen LogP contribution in [0.1, 0.15) is 0 Å². The number of nitrogens with zero attached hydrogens (tertiary/aromatic N) is 3. The van der Waals surface area contributed by atoms with Gasteiger partial charge in [-0.25, -0.2) is 9.18 Å². The molecule has 2 aromatic rings. The standard InChI is InChI=1S/C19H20FN5O4/c20-14-4-6-15(7-5-14)21-18(26)13-23-8-10-24(11-9-23)19(27)22-16-2-1-3-17(12-16)25(28)29/h1-7,12H,8-11,13H2,(H,21,26)(H,22,27). The van der Waals surface area contributed by atoms with Crippen LogP contribution < -0.4 is 10.6 Å². The van der Waals surface area contributed by atoms with Gasteiger partial charge in [-0.05, 0) is 30.3 Å². The number of halogens is 1. The van der Waals surface area contributed by atoms with Crippen LogP contribution in [-0.2, 0) is 4.79 Å². The van der Waals surface area contributed by atoms with E-state index in [0.717, 1.165) is 0 Å². The SMILES string of the molecule is O=C(CN1CCN(C(=O)Nc2cccc([N+](=O)[O-])c2)CC1)Nc1ccc(F)cc1. The van der Waals surface area contributed by atoms with Crippen molar-refractivity contribution in [2.75, 3.05) is 43.4 Å². The number of carbonyl (C=O) groups is 2. The molecule has 3 rings (SSSR count). The van der Waals surface area contributed by atoms with Gasteiger partial charge in [-0.3, -0.25) is 19.8 Å². The first-order valence-electron chi connectivity index (χ1n) is 8.99. The number of anilines is 2. The zero-order valence-corrected chi connectivity index (χ0v) is 15.5. The molecule has 0 aromatic heterocycles. The quantitative estimate of drug-likeness (QED) is 0.591. The first-order chi connectivity index (χ1) is 13.9. The Morgan fingerprint density at radius 1 is 1.00 bits per heavy atom. The molecule has 0 unspecified atom stereocenters. The van der Waals surface area contributed by atoms with Gasteiger partial charge in [0.25, 0.3) is 5.69 Å². The maximum atomic E-state index is 12.9. The molecule has 1 heterocycles. The van der Waals surface area contributed by atoms with E-state index in [1.807, 2.05) is 4.90 Å². The lowest BCUT2D eigenvalue weighted by molar-refractivity contribution is -0.384. The highest BCUT2D eigenvalue weighted by Crippen LogP contribution is 2.17. The third-order valence-corrected chi connectivity index (χ3v) is 4.46. The Balaban J connectivity index is 1.45. The first kappa shape index (κ1) is 20.2. The van der Waals surface area contributed by atoms with Crippen molar-refractivity contribution in [3.63, 3.8) is 0 Å². The Kier molecular flexibility index (Phi) is 6.35. The number of hydrogen-bond acceptors (Lipinski definition) is 5. The summed E-state index contributed by atoms with van der Waals surface area (Å²) in [4.78, 5) is 38.3. The van der Waals surface area contributed by atoms with Gasteiger partial charge < -0.3 is 15.5 Å². The highest BCUT2D eigenvalue weighted by molar-refractivity contribution is 5.92. The maximum absolute atomic E-state index is 12.9. The number of piperazine rings is 1. The van der Waals surface area contributed by atoms with Gasteiger partial charge in [0.1, 0.15) is 5.82 Å². The molecule has 2 aromatic carbocycles. The van der Waals surface area contributed by atoms with E-state index in [1.54, 1.807) is 11.0 Å². The van der Waals surface area contributed by atoms with E-state index in [1.165, 1.54) is 42.5 Å². The number of nitro benzene ring substituents is 1. The molecule has 10 heteroatoms. The largest absolute Gasteiger partial charge is 0.325 e. The molecule has 0 aliphatic carbocycles. The number of nitrogens with one attached hydrogen (secondary N) is 2.